The number of hydrogen-bond acceptors (Lipinski definition) is 1. The SMILES string of the molecule is CCCCc1cccc(CCCC2(C(=O)O)CC2)c1. The molecule has 0 aromatic heterocycles. The molecule has 2 nitrogen and oxygen atoms in total. The van der Waals surface area contributed by atoms with Gasteiger partial charge in [-0.05, 0) is 56.1 Å². The summed E-state index contributed by atoms with van der Waals surface area (Å²) in [5, 5.41) is 9.14. The van der Waals surface area contributed by atoms with Crippen LogP contribution in [-0.2, 0) is 17.6 Å². The van der Waals surface area contributed by atoms with Gasteiger partial charge in [0.1, 0.15) is 0 Å². The van der Waals surface area contributed by atoms with Gasteiger partial charge in [0.05, 0.1) is 5.41 Å². The molecule has 1 fully saturated rings. The molecule has 1 aliphatic rings. The predicted molar refractivity (Wildman–Crippen MR) is 77.3 cm³/mol. The molecule has 1 N–H and O–H groups in total. The van der Waals surface area contributed by atoms with E-state index in [4.69, 9.17) is 5.11 Å². The maximum atomic E-state index is 11.1. The zero-order chi connectivity index (χ0) is 13.7. The quantitative estimate of drug-likeness (QED) is 0.760. The highest BCUT2D eigenvalue weighted by Crippen LogP contribution is 2.49. The minimum Gasteiger partial charge on any atom is -0.481 e. The van der Waals surface area contributed by atoms with Crippen molar-refractivity contribution in [2.24, 2.45) is 5.41 Å². The summed E-state index contributed by atoms with van der Waals surface area (Å²) < 4.78 is 0. The maximum absolute atomic E-state index is 11.1. The lowest BCUT2D eigenvalue weighted by molar-refractivity contribution is -0.143. The van der Waals surface area contributed by atoms with Gasteiger partial charge in [0.15, 0.2) is 0 Å². The number of carboxylic acid groups (broad SMARTS) is 1. The van der Waals surface area contributed by atoms with Crippen LogP contribution in [0.3, 0.4) is 0 Å². The van der Waals surface area contributed by atoms with E-state index >= 15 is 0 Å². The second kappa shape index (κ2) is 6.23. The van der Waals surface area contributed by atoms with Gasteiger partial charge in [-0.3, -0.25) is 4.79 Å². The van der Waals surface area contributed by atoms with Crippen LogP contribution in [0.15, 0.2) is 24.3 Å². The van der Waals surface area contributed by atoms with Gasteiger partial charge >= 0.3 is 5.97 Å². The first kappa shape index (κ1) is 14.1. The Morgan fingerprint density at radius 2 is 1.84 bits per heavy atom. The Hall–Kier alpha value is -1.31. The highest BCUT2D eigenvalue weighted by Gasteiger charge is 2.49. The molecule has 1 aromatic rings. The van der Waals surface area contributed by atoms with Crippen molar-refractivity contribution in [2.45, 2.75) is 58.3 Å². The lowest BCUT2D eigenvalue weighted by atomic mass is 9.96. The third-order valence-electron chi connectivity index (χ3n) is 4.24. The van der Waals surface area contributed by atoms with Crippen LogP contribution in [-0.4, -0.2) is 11.1 Å². The summed E-state index contributed by atoms with van der Waals surface area (Å²) in [6.45, 7) is 2.21. The number of rotatable bonds is 8. The lowest BCUT2D eigenvalue weighted by Crippen LogP contribution is -2.14. The summed E-state index contributed by atoms with van der Waals surface area (Å²) in [5.41, 5.74) is 2.41. The molecule has 1 aromatic carbocycles. The molecule has 2 rings (SSSR count). The van der Waals surface area contributed by atoms with Crippen LogP contribution in [0.5, 0.6) is 0 Å². The molecule has 0 aliphatic heterocycles. The number of aliphatic carboxylic acids is 1. The van der Waals surface area contributed by atoms with Crippen molar-refractivity contribution in [3.05, 3.63) is 35.4 Å². The Labute approximate surface area is 115 Å². The molecular weight excluding hydrogens is 236 g/mol. The van der Waals surface area contributed by atoms with Gasteiger partial charge in [-0.1, -0.05) is 37.6 Å². The monoisotopic (exact) mass is 260 g/mol. The van der Waals surface area contributed by atoms with E-state index in [-0.39, 0.29) is 5.41 Å². The van der Waals surface area contributed by atoms with Gasteiger partial charge in [0, 0.05) is 0 Å². The Balaban J connectivity index is 1.81. The van der Waals surface area contributed by atoms with Gasteiger partial charge in [-0.2, -0.15) is 0 Å². The summed E-state index contributed by atoms with van der Waals surface area (Å²) >= 11 is 0. The summed E-state index contributed by atoms with van der Waals surface area (Å²) in [5.74, 6) is -0.593. The predicted octanol–water partition coefficient (Wildman–Crippen LogP) is 4.22. The Kier molecular flexibility index (Phi) is 4.62. The molecule has 1 aliphatic carbocycles. The van der Waals surface area contributed by atoms with Gasteiger partial charge in [0.2, 0.25) is 0 Å². The Morgan fingerprint density at radius 3 is 2.37 bits per heavy atom. The van der Waals surface area contributed by atoms with Crippen molar-refractivity contribution in [1.29, 1.82) is 0 Å². The van der Waals surface area contributed by atoms with E-state index in [0.29, 0.717) is 0 Å². The van der Waals surface area contributed by atoms with E-state index in [2.05, 4.69) is 31.2 Å². The van der Waals surface area contributed by atoms with Crippen molar-refractivity contribution in [3.63, 3.8) is 0 Å². The van der Waals surface area contributed by atoms with Crippen LogP contribution >= 0.6 is 0 Å². The minimum atomic E-state index is -0.593. The zero-order valence-corrected chi connectivity index (χ0v) is 11.8. The molecule has 19 heavy (non-hydrogen) atoms. The Bertz CT molecular complexity index is 433. The third-order valence-corrected chi connectivity index (χ3v) is 4.24. The van der Waals surface area contributed by atoms with Crippen LogP contribution in [0.1, 0.15) is 56.6 Å². The number of unbranched alkanes of at least 4 members (excludes halogenated alkanes) is 1. The summed E-state index contributed by atoms with van der Waals surface area (Å²) in [6.07, 6.45) is 8.21. The number of carbonyl (C=O) groups is 1. The first-order chi connectivity index (χ1) is 9.16. The van der Waals surface area contributed by atoms with Crippen molar-refractivity contribution in [2.75, 3.05) is 0 Å². The molecule has 104 valence electrons. The molecule has 1 saturated carbocycles. The van der Waals surface area contributed by atoms with E-state index in [1.54, 1.807) is 0 Å². The largest absolute Gasteiger partial charge is 0.481 e. The molecule has 0 saturated heterocycles. The first-order valence-electron chi connectivity index (χ1n) is 7.47. The number of aryl methyl sites for hydroxylation is 2. The standard InChI is InChI=1S/C17H24O2/c1-2-3-6-14-7-4-8-15(13-14)9-5-10-17(11-12-17)16(18)19/h4,7-8,13H,2-3,5-6,9-12H2,1H3,(H,18,19). The highest BCUT2D eigenvalue weighted by molar-refractivity contribution is 5.77. The van der Waals surface area contributed by atoms with Crippen LogP contribution in [0.2, 0.25) is 0 Å². The topological polar surface area (TPSA) is 37.3 Å². The molecular formula is C17H24O2. The van der Waals surface area contributed by atoms with E-state index in [1.807, 2.05) is 0 Å². The molecule has 0 bridgehead atoms. The molecule has 0 spiro atoms. The number of carboxylic acids is 1. The smallest absolute Gasteiger partial charge is 0.309 e. The fourth-order valence-corrected chi connectivity index (χ4v) is 2.67. The summed E-state index contributed by atoms with van der Waals surface area (Å²) in [7, 11) is 0. The number of hydrogen-bond donors (Lipinski definition) is 1. The maximum Gasteiger partial charge on any atom is 0.309 e. The van der Waals surface area contributed by atoms with Gasteiger partial charge in [-0.25, -0.2) is 0 Å². The van der Waals surface area contributed by atoms with Crippen LogP contribution < -0.4 is 0 Å². The zero-order valence-electron chi connectivity index (χ0n) is 11.8. The van der Waals surface area contributed by atoms with Gasteiger partial charge in [-0.15, -0.1) is 0 Å². The third kappa shape index (κ3) is 3.82. The van der Waals surface area contributed by atoms with Crippen molar-refractivity contribution < 1.29 is 9.90 Å². The van der Waals surface area contributed by atoms with Gasteiger partial charge in [0.25, 0.3) is 0 Å². The minimum absolute atomic E-state index is 0.361. The van der Waals surface area contributed by atoms with E-state index in [0.717, 1.165) is 38.5 Å². The fraction of sp³-hybridized carbons (Fsp3) is 0.588. The van der Waals surface area contributed by atoms with Crippen LogP contribution in [0, 0.1) is 5.41 Å². The molecule has 0 amide bonds. The normalized spacial score (nSPS) is 16.3. The molecule has 2 heteroatoms. The average Bonchev–Trinajstić information content (AvgIpc) is 3.18. The highest BCUT2D eigenvalue weighted by atomic mass is 16.4. The Morgan fingerprint density at radius 1 is 1.21 bits per heavy atom. The van der Waals surface area contributed by atoms with Crippen LogP contribution in [0.25, 0.3) is 0 Å². The van der Waals surface area contributed by atoms with E-state index < -0.39 is 5.97 Å². The second-order valence-electron chi connectivity index (χ2n) is 5.86. The molecule has 0 heterocycles. The number of benzene rings is 1. The molecule has 0 radical (unpaired) electrons. The molecule has 0 atom stereocenters. The average molecular weight is 260 g/mol. The van der Waals surface area contributed by atoms with Crippen molar-refractivity contribution >= 4 is 5.97 Å². The lowest BCUT2D eigenvalue weighted by Gasteiger charge is -2.09. The first-order valence-corrected chi connectivity index (χ1v) is 7.47. The van der Waals surface area contributed by atoms with Gasteiger partial charge < -0.3 is 5.11 Å². The van der Waals surface area contributed by atoms with Crippen LogP contribution in [0.4, 0.5) is 0 Å². The fourth-order valence-electron chi connectivity index (χ4n) is 2.67. The van der Waals surface area contributed by atoms with E-state index in [1.165, 1.54) is 24.0 Å². The van der Waals surface area contributed by atoms with Crippen molar-refractivity contribution in [1.82, 2.24) is 0 Å². The molecule has 0 unspecified atom stereocenters. The van der Waals surface area contributed by atoms with Crippen molar-refractivity contribution in [3.8, 4) is 0 Å². The summed E-state index contributed by atoms with van der Waals surface area (Å²) in [6, 6.07) is 8.77. The van der Waals surface area contributed by atoms with E-state index in [9.17, 15) is 4.79 Å². The summed E-state index contributed by atoms with van der Waals surface area (Å²) in [4.78, 5) is 11.1. The second-order valence-corrected chi connectivity index (χ2v) is 5.86.